The van der Waals surface area contributed by atoms with Gasteiger partial charge in [-0.1, -0.05) is 0 Å². The van der Waals surface area contributed by atoms with E-state index >= 15 is 4.39 Å². The number of alkyl halides is 3. The Labute approximate surface area is 217 Å². The Morgan fingerprint density at radius 2 is 1.92 bits per heavy atom. The largest absolute Gasteiger partial charge is 0.423 e. The minimum absolute atomic E-state index is 0.0751. The van der Waals surface area contributed by atoms with Crippen molar-refractivity contribution in [2.45, 2.75) is 45.5 Å². The lowest BCUT2D eigenvalue weighted by Crippen LogP contribution is -2.27. The third-order valence-corrected chi connectivity index (χ3v) is 6.37. The van der Waals surface area contributed by atoms with Gasteiger partial charge in [-0.3, -0.25) is 14.2 Å². The fourth-order valence-corrected chi connectivity index (χ4v) is 4.37. The van der Waals surface area contributed by atoms with Gasteiger partial charge in [0, 0.05) is 30.4 Å². The van der Waals surface area contributed by atoms with Crippen LogP contribution in [0.4, 0.5) is 23.2 Å². The molecule has 4 heterocycles. The highest BCUT2D eigenvalue weighted by Crippen LogP contribution is 2.32. The maximum absolute atomic E-state index is 15.0. The van der Waals surface area contributed by atoms with Gasteiger partial charge in [-0.25, -0.2) is 24.4 Å². The molecule has 0 saturated carbocycles. The van der Waals surface area contributed by atoms with E-state index in [1.807, 2.05) is 6.92 Å². The van der Waals surface area contributed by atoms with Gasteiger partial charge in [0.1, 0.15) is 17.0 Å². The zero-order valence-electron chi connectivity index (χ0n) is 20.7. The lowest BCUT2D eigenvalue weighted by Gasteiger charge is -2.18. The predicted octanol–water partition coefficient (Wildman–Crippen LogP) is 4.17. The summed E-state index contributed by atoms with van der Waals surface area (Å²) >= 11 is 0. The van der Waals surface area contributed by atoms with Gasteiger partial charge in [-0.05, 0) is 44.4 Å². The molecule has 5 aromatic rings. The number of aryl methyl sites for hydroxylation is 2. The first kappa shape index (κ1) is 26.0. The zero-order valence-corrected chi connectivity index (χ0v) is 20.7. The van der Waals surface area contributed by atoms with Crippen LogP contribution in [-0.2, 0) is 12.7 Å². The van der Waals surface area contributed by atoms with Gasteiger partial charge in [0.2, 0.25) is 0 Å². The average Bonchev–Trinajstić information content (AvgIpc) is 3.24. The van der Waals surface area contributed by atoms with Gasteiger partial charge in [-0.15, -0.1) is 0 Å². The average molecular weight is 542 g/mol. The fourth-order valence-electron chi connectivity index (χ4n) is 4.37. The number of hydrogen-bond acceptors (Lipinski definition) is 7. The zero-order chi connectivity index (χ0) is 27.9. The Morgan fingerprint density at radius 3 is 2.69 bits per heavy atom. The molecule has 0 aliphatic heterocycles. The molecule has 4 aromatic heterocycles. The molecule has 0 spiro atoms. The maximum atomic E-state index is 15.0. The number of halogens is 4. The summed E-state index contributed by atoms with van der Waals surface area (Å²) in [5.41, 5.74) is -1.67. The normalized spacial score (nSPS) is 12.8. The number of H-pyrrole nitrogens is 2. The van der Waals surface area contributed by atoms with Crippen molar-refractivity contribution >= 4 is 27.6 Å². The van der Waals surface area contributed by atoms with E-state index in [0.29, 0.717) is 18.5 Å². The van der Waals surface area contributed by atoms with Gasteiger partial charge in [0.05, 0.1) is 34.7 Å². The molecule has 10 nitrogen and oxygen atoms in total. The Morgan fingerprint density at radius 1 is 1.13 bits per heavy atom. The van der Waals surface area contributed by atoms with Crippen LogP contribution in [0.3, 0.4) is 0 Å². The number of aromatic amines is 2. The molecule has 3 N–H and O–H groups in total. The minimum atomic E-state index is -4.85. The fraction of sp³-hybridized carbons (Fsp3) is 0.280. The highest BCUT2D eigenvalue weighted by atomic mass is 19.4. The smallest absolute Gasteiger partial charge is 0.381 e. The number of nitrogens with one attached hydrogen (secondary N) is 3. The second-order valence-corrected chi connectivity index (χ2v) is 9.19. The Hall–Kier alpha value is -4.62. The van der Waals surface area contributed by atoms with E-state index in [9.17, 15) is 22.8 Å². The second-order valence-electron chi connectivity index (χ2n) is 9.19. The van der Waals surface area contributed by atoms with Crippen molar-refractivity contribution in [3.8, 4) is 11.4 Å². The van der Waals surface area contributed by atoms with Crippen LogP contribution >= 0.6 is 0 Å². The van der Waals surface area contributed by atoms with E-state index in [-0.39, 0.29) is 28.8 Å². The summed E-state index contributed by atoms with van der Waals surface area (Å²) in [7, 11) is 0. The van der Waals surface area contributed by atoms with E-state index in [2.05, 4.69) is 30.4 Å². The summed E-state index contributed by atoms with van der Waals surface area (Å²) in [6.45, 7) is 3.74. The first-order chi connectivity index (χ1) is 18.5. The van der Waals surface area contributed by atoms with Gasteiger partial charge in [0.25, 0.3) is 11.1 Å². The molecule has 14 heteroatoms. The molecule has 0 fully saturated rings. The molecule has 0 aliphatic carbocycles. The third kappa shape index (κ3) is 5.09. The van der Waals surface area contributed by atoms with E-state index < -0.39 is 40.4 Å². The Bertz CT molecular complexity index is 1810. The molecule has 1 aromatic carbocycles. The molecule has 0 bridgehead atoms. The molecular weight excluding hydrogens is 520 g/mol. The van der Waals surface area contributed by atoms with Crippen molar-refractivity contribution in [3.05, 3.63) is 74.7 Å². The van der Waals surface area contributed by atoms with Crippen molar-refractivity contribution in [3.63, 3.8) is 0 Å². The number of anilines is 1. The lowest BCUT2D eigenvalue weighted by atomic mass is 10.1. The molecule has 1 atom stereocenters. The first-order valence-electron chi connectivity index (χ1n) is 11.9. The van der Waals surface area contributed by atoms with Crippen LogP contribution in [0.5, 0.6) is 0 Å². The van der Waals surface area contributed by atoms with Crippen molar-refractivity contribution in [1.29, 1.82) is 0 Å². The highest BCUT2D eigenvalue weighted by Gasteiger charge is 2.37. The Balaban J connectivity index is 1.31. The standard InChI is InChI=1S/C25H22F4N8O2/c1-12-8-30-22-16(12)9-31-21(35-22)14-7-18-15(6-17(14)26)24(39)37(11-32-18)5-3-4-13(2)34-19-10-33-36-23(38)20(19)25(27,28)29/h6-11,13H,3-5H2,1-2H3,(H,30,31,35)(H2,34,36,38)/t13-/m0/s1. The van der Waals surface area contributed by atoms with Crippen molar-refractivity contribution in [2.24, 2.45) is 0 Å². The van der Waals surface area contributed by atoms with Crippen LogP contribution in [0.2, 0.25) is 0 Å². The first-order valence-corrected chi connectivity index (χ1v) is 11.9. The number of aromatic nitrogens is 7. The molecular formula is C25H22F4N8O2. The van der Waals surface area contributed by atoms with E-state index in [1.165, 1.54) is 17.0 Å². The number of rotatable bonds is 7. The summed E-state index contributed by atoms with van der Waals surface area (Å²) in [5.74, 6) is -0.521. The summed E-state index contributed by atoms with van der Waals surface area (Å²) in [5, 5.41) is 8.77. The molecule has 5 rings (SSSR count). The van der Waals surface area contributed by atoms with Crippen molar-refractivity contribution < 1.29 is 17.6 Å². The van der Waals surface area contributed by atoms with Gasteiger partial charge < -0.3 is 10.3 Å². The second kappa shape index (κ2) is 9.93. The molecule has 0 unspecified atom stereocenters. The topological polar surface area (TPSA) is 134 Å². The van der Waals surface area contributed by atoms with Crippen LogP contribution in [-0.4, -0.2) is 40.7 Å². The van der Waals surface area contributed by atoms with Crippen LogP contribution in [0.15, 0.2) is 46.6 Å². The summed E-state index contributed by atoms with van der Waals surface area (Å²) in [6.07, 6.45) is 1.53. The number of benzene rings is 1. The predicted molar refractivity (Wildman–Crippen MR) is 136 cm³/mol. The van der Waals surface area contributed by atoms with Crippen molar-refractivity contribution in [1.82, 2.24) is 34.7 Å². The quantitative estimate of drug-likeness (QED) is 0.263. The van der Waals surface area contributed by atoms with Crippen LogP contribution < -0.4 is 16.4 Å². The van der Waals surface area contributed by atoms with Gasteiger partial charge >= 0.3 is 6.18 Å². The molecule has 0 saturated heterocycles. The molecule has 0 aliphatic rings. The SMILES string of the molecule is Cc1c[nH]c2nc(-c3cc4ncn(CCC[C@H](C)Nc5cn[nH]c(=O)c5C(F)(F)F)c(=O)c4cc3F)ncc12. The number of hydrogen-bond donors (Lipinski definition) is 3. The van der Waals surface area contributed by atoms with Crippen molar-refractivity contribution in [2.75, 3.05) is 5.32 Å². The molecule has 0 radical (unpaired) electrons. The summed E-state index contributed by atoms with van der Waals surface area (Å²) < 4.78 is 56.1. The minimum Gasteiger partial charge on any atom is -0.381 e. The van der Waals surface area contributed by atoms with Crippen LogP contribution in [0, 0.1) is 12.7 Å². The van der Waals surface area contributed by atoms with E-state index in [0.717, 1.165) is 23.2 Å². The van der Waals surface area contributed by atoms with Gasteiger partial charge in [0.15, 0.2) is 5.82 Å². The summed E-state index contributed by atoms with van der Waals surface area (Å²) in [4.78, 5) is 40.6. The maximum Gasteiger partial charge on any atom is 0.423 e. The van der Waals surface area contributed by atoms with Crippen LogP contribution in [0.1, 0.15) is 30.9 Å². The number of nitrogens with zero attached hydrogens (tertiary/aromatic N) is 5. The summed E-state index contributed by atoms with van der Waals surface area (Å²) in [6, 6.07) is 2.06. The highest BCUT2D eigenvalue weighted by molar-refractivity contribution is 5.84. The van der Waals surface area contributed by atoms with E-state index in [1.54, 1.807) is 24.4 Å². The van der Waals surface area contributed by atoms with Crippen LogP contribution in [0.25, 0.3) is 33.3 Å². The molecule has 39 heavy (non-hydrogen) atoms. The third-order valence-electron chi connectivity index (χ3n) is 6.37. The lowest BCUT2D eigenvalue weighted by molar-refractivity contribution is -0.138. The molecule has 202 valence electrons. The molecule has 0 amide bonds. The Kier molecular flexibility index (Phi) is 6.62. The number of fused-ring (bicyclic) bond motifs is 2. The van der Waals surface area contributed by atoms with E-state index in [4.69, 9.17) is 0 Å². The monoisotopic (exact) mass is 542 g/mol. The van der Waals surface area contributed by atoms with Gasteiger partial charge in [-0.2, -0.15) is 18.3 Å².